The summed E-state index contributed by atoms with van der Waals surface area (Å²) in [4.78, 5) is 36.2. The maximum absolute atomic E-state index is 12.7. The van der Waals surface area contributed by atoms with E-state index in [9.17, 15) is 19.7 Å². The lowest BCUT2D eigenvalue weighted by atomic mass is 10.0. The second-order valence-corrected chi connectivity index (χ2v) is 6.96. The van der Waals surface area contributed by atoms with Crippen LogP contribution in [-0.2, 0) is 17.6 Å². The number of benzene rings is 2. The molecule has 0 aromatic heterocycles. The maximum atomic E-state index is 12.7. The molecule has 0 bridgehead atoms. The van der Waals surface area contributed by atoms with E-state index in [1.54, 1.807) is 13.0 Å². The molecular formula is C22H23NO7. The van der Waals surface area contributed by atoms with E-state index < -0.39 is 22.7 Å². The first-order valence-corrected chi connectivity index (χ1v) is 9.71. The van der Waals surface area contributed by atoms with Gasteiger partial charge in [0, 0.05) is 11.6 Å². The van der Waals surface area contributed by atoms with Gasteiger partial charge in [-0.3, -0.25) is 14.9 Å². The number of esters is 1. The average Bonchev–Trinajstić information content (AvgIpc) is 3.20. The minimum atomic E-state index is -1.10. The van der Waals surface area contributed by atoms with Crippen LogP contribution >= 0.6 is 0 Å². The number of hydrogen-bond acceptors (Lipinski definition) is 7. The van der Waals surface area contributed by atoms with Crippen molar-refractivity contribution in [3.63, 3.8) is 0 Å². The number of Topliss-reactive ketones (excluding diaryl/α,β-unsaturated/α-hetero) is 1. The summed E-state index contributed by atoms with van der Waals surface area (Å²) in [5.41, 5.74) is 2.02. The summed E-state index contributed by atoms with van der Waals surface area (Å²) in [6, 6.07) is 7.79. The van der Waals surface area contributed by atoms with Crippen molar-refractivity contribution in [1.29, 1.82) is 0 Å². The summed E-state index contributed by atoms with van der Waals surface area (Å²) < 4.78 is 15.8. The van der Waals surface area contributed by atoms with Crippen LogP contribution < -0.4 is 9.47 Å². The van der Waals surface area contributed by atoms with Crippen molar-refractivity contribution in [3.05, 3.63) is 62.7 Å². The highest BCUT2D eigenvalue weighted by atomic mass is 16.6. The molecule has 158 valence electrons. The van der Waals surface area contributed by atoms with Gasteiger partial charge in [0.15, 0.2) is 17.6 Å². The SMILES string of the molecule is CCOc1cc(C(=O)O[C@@H](C)C(=O)c2ccc3c(c2)CCC3)c([N+](=O)[O-])cc1OC. The molecule has 0 aliphatic heterocycles. The molecule has 0 saturated heterocycles. The topological polar surface area (TPSA) is 105 Å². The smallest absolute Gasteiger partial charge is 0.346 e. The summed E-state index contributed by atoms with van der Waals surface area (Å²) >= 11 is 0. The van der Waals surface area contributed by atoms with Gasteiger partial charge in [-0.1, -0.05) is 12.1 Å². The molecule has 1 atom stereocenters. The number of aryl methyl sites for hydroxylation is 2. The number of ketones is 1. The number of carbonyl (C=O) groups excluding carboxylic acids is 2. The van der Waals surface area contributed by atoms with Crippen molar-refractivity contribution < 1.29 is 28.7 Å². The third-order valence-electron chi connectivity index (χ3n) is 5.03. The van der Waals surface area contributed by atoms with Crippen LogP contribution in [0.3, 0.4) is 0 Å². The Morgan fingerprint density at radius 3 is 2.53 bits per heavy atom. The fourth-order valence-corrected chi connectivity index (χ4v) is 3.53. The number of nitro groups is 1. The van der Waals surface area contributed by atoms with E-state index in [4.69, 9.17) is 14.2 Å². The Morgan fingerprint density at radius 1 is 1.13 bits per heavy atom. The molecular weight excluding hydrogens is 390 g/mol. The van der Waals surface area contributed by atoms with E-state index in [-0.39, 0.29) is 29.5 Å². The number of hydrogen-bond donors (Lipinski definition) is 0. The molecule has 2 aromatic rings. The van der Waals surface area contributed by atoms with Crippen LogP contribution in [0.5, 0.6) is 11.5 Å². The van der Waals surface area contributed by atoms with Crippen LogP contribution in [0.4, 0.5) is 5.69 Å². The zero-order valence-electron chi connectivity index (χ0n) is 17.1. The molecule has 0 unspecified atom stereocenters. The molecule has 0 saturated carbocycles. The molecule has 0 amide bonds. The average molecular weight is 413 g/mol. The predicted octanol–water partition coefficient (Wildman–Crippen LogP) is 3.92. The van der Waals surface area contributed by atoms with Gasteiger partial charge in [0.25, 0.3) is 5.69 Å². The second-order valence-electron chi connectivity index (χ2n) is 6.96. The first-order valence-electron chi connectivity index (χ1n) is 9.71. The van der Waals surface area contributed by atoms with Crippen molar-refractivity contribution in [3.8, 4) is 11.5 Å². The molecule has 0 fully saturated rings. The zero-order chi connectivity index (χ0) is 21.8. The number of rotatable bonds is 8. The van der Waals surface area contributed by atoms with E-state index in [0.29, 0.717) is 5.56 Å². The first-order chi connectivity index (χ1) is 14.3. The van der Waals surface area contributed by atoms with Crippen molar-refractivity contribution in [2.75, 3.05) is 13.7 Å². The lowest BCUT2D eigenvalue weighted by Gasteiger charge is -2.15. The molecule has 2 aromatic carbocycles. The van der Waals surface area contributed by atoms with Gasteiger partial charge in [0.05, 0.1) is 24.7 Å². The van der Waals surface area contributed by atoms with Gasteiger partial charge in [-0.15, -0.1) is 0 Å². The number of ether oxygens (including phenoxy) is 3. The quantitative estimate of drug-likeness (QED) is 0.279. The largest absolute Gasteiger partial charge is 0.493 e. The molecule has 8 nitrogen and oxygen atoms in total. The normalized spacial score (nSPS) is 13.3. The van der Waals surface area contributed by atoms with Crippen LogP contribution in [0, 0.1) is 10.1 Å². The highest BCUT2D eigenvalue weighted by molar-refractivity contribution is 6.02. The zero-order valence-corrected chi connectivity index (χ0v) is 17.1. The minimum absolute atomic E-state index is 0.127. The van der Waals surface area contributed by atoms with Gasteiger partial charge >= 0.3 is 5.97 Å². The maximum Gasteiger partial charge on any atom is 0.346 e. The molecule has 0 spiro atoms. The van der Waals surface area contributed by atoms with Crippen LogP contribution in [0.15, 0.2) is 30.3 Å². The van der Waals surface area contributed by atoms with Gasteiger partial charge < -0.3 is 14.2 Å². The molecule has 8 heteroatoms. The van der Waals surface area contributed by atoms with E-state index in [2.05, 4.69) is 0 Å². The Balaban J connectivity index is 1.84. The van der Waals surface area contributed by atoms with Crippen LogP contribution in [0.2, 0.25) is 0 Å². The van der Waals surface area contributed by atoms with Gasteiger partial charge in [0.2, 0.25) is 5.78 Å². The summed E-state index contributed by atoms with van der Waals surface area (Å²) in [5, 5.41) is 11.4. The highest BCUT2D eigenvalue weighted by Crippen LogP contribution is 2.35. The molecule has 0 N–H and O–H groups in total. The summed E-state index contributed by atoms with van der Waals surface area (Å²) in [5.74, 6) is -1.04. The third kappa shape index (κ3) is 4.27. The van der Waals surface area contributed by atoms with Gasteiger partial charge in [-0.25, -0.2) is 4.79 Å². The Bertz CT molecular complexity index is 999. The fourth-order valence-electron chi connectivity index (χ4n) is 3.53. The van der Waals surface area contributed by atoms with E-state index in [1.165, 1.54) is 25.7 Å². The van der Waals surface area contributed by atoms with Crippen LogP contribution in [0.25, 0.3) is 0 Å². The monoisotopic (exact) mass is 413 g/mol. The molecule has 3 rings (SSSR count). The highest BCUT2D eigenvalue weighted by Gasteiger charge is 2.29. The van der Waals surface area contributed by atoms with Gasteiger partial charge in [-0.2, -0.15) is 0 Å². The Morgan fingerprint density at radius 2 is 1.87 bits per heavy atom. The summed E-state index contributed by atoms with van der Waals surface area (Å²) in [6.45, 7) is 3.46. The number of methoxy groups -OCH3 is 1. The molecule has 1 aliphatic rings. The Hall–Kier alpha value is -3.42. The number of fused-ring (bicyclic) bond motifs is 1. The van der Waals surface area contributed by atoms with E-state index in [1.807, 2.05) is 12.1 Å². The van der Waals surface area contributed by atoms with Gasteiger partial charge in [-0.05, 0) is 50.3 Å². The fraction of sp³-hybridized carbons (Fsp3) is 0.364. The summed E-state index contributed by atoms with van der Waals surface area (Å²) in [7, 11) is 1.34. The predicted molar refractivity (Wildman–Crippen MR) is 108 cm³/mol. The van der Waals surface area contributed by atoms with Crippen molar-refractivity contribution in [1.82, 2.24) is 0 Å². The third-order valence-corrected chi connectivity index (χ3v) is 5.03. The lowest BCUT2D eigenvalue weighted by molar-refractivity contribution is -0.385. The Kier molecular flexibility index (Phi) is 6.34. The van der Waals surface area contributed by atoms with Crippen molar-refractivity contribution in [2.24, 2.45) is 0 Å². The molecule has 0 heterocycles. The summed E-state index contributed by atoms with van der Waals surface area (Å²) in [6.07, 6.45) is 1.87. The molecule has 1 aliphatic carbocycles. The van der Waals surface area contributed by atoms with E-state index >= 15 is 0 Å². The molecule has 30 heavy (non-hydrogen) atoms. The Labute approximate surface area is 173 Å². The molecule has 0 radical (unpaired) electrons. The first kappa shape index (κ1) is 21.3. The lowest BCUT2D eigenvalue weighted by Crippen LogP contribution is -2.25. The van der Waals surface area contributed by atoms with Crippen LogP contribution in [0.1, 0.15) is 52.1 Å². The van der Waals surface area contributed by atoms with E-state index in [0.717, 1.165) is 30.9 Å². The number of nitrogens with zero attached hydrogens (tertiary/aromatic N) is 1. The number of carbonyl (C=O) groups is 2. The number of nitro benzene ring substituents is 1. The van der Waals surface area contributed by atoms with Gasteiger partial charge in [0.1, 0.15) is 5.56 Å². The minimum Gasteiger partial charge on any atom is -0.493 e. The van der Waals surface area contributed by atoms with Crippen LogP contribution in [-0.4, -0.2) is 36.5 Å². The standard InChI is InChI=1S/C22H23NO7/c1-4-29-20-11-17(18(23(26)27)12-19(20)28-3)22(25)30-13(2)21(24)16-9-8-14-6-5-7-15(14)10-16/h8-13H,4-7H2,1-3H3/t13-/m0/s1. The van der Waals surface area contributed by atoms with Crippen molar-refractivity contribution >= 4 is 17.4 Å². The second kappa shape index (κ2) is 8.94. The van der Waals surface area contributed by atoms with Crippen molar-refractivity contribution in [2.45, 2.75) is 39.2 Å².